The van der Waals surface area contributed by atoms with Gasteiger partial charge in [0.25, 0.3) is 5.91 Å². The number of anilines is 1. The predicted octanol–water partition coefficient (Wildman–Crippen LogP) is 5.18. The maximum atomic E-state index is 12.6. The zero-order valence-corrected chi connectivity index (χ0v) is 16.5. The lowest BCUT2D eigenvalue weighted by molar-refractivity contribution is 0.102. The molecule has 0 saturated heterocycles. The van der Waals surface area contributed by atoms with E-state index in [2.05, 4.69) is 10.3 Å². The van der Waals surface area contributed by atoms with Crippen LogP contribution >= 0.6 is 11.3 Å². The summed E-state index contributed by atoms with van der Waals surface area (Å²) in [5.74, 6) is 0.432. The molecule has 3 aromatic carbocycles. The average Bonchev–Trinajstić information content (AvgIpc) is 3.15. The van der Waals surface area contributed by atoms with Crippen molar-refractivity contribution in [3.63, 3.8) is 0 Å². The van der Waals surface area contributed by atoms with E-state index in [-0.39, 0.29) is 11.7 Å². The minimum Gasteiger partial charge on any atom is -0.494 e. The molecule has 0 aliphatic rings. The molecule has 1 amide bonds. The molecule has 144 valence electrons. The number of hydrogen-bond acceptors (Lipinski definition) is 5. The van der Waals surface area contributed by atoms with Crippen LogP contribution in [0.2, 0.25) is 0 Å². The number of aromatic nitrogens is 1. The highest BCUT2D eigenvalue weighted by molar-refractivity contribution is 7.22. The SMILES string of the molecule is CCOc1ccc2nc(NC(=O)c3ccc(C(=O)c4ccccc4)cc3)sc2c1. The maximum Gasteiger partial charge on any atom is 0.257 e. The Balaban J connectivity index is 1.48. The molecule has 0 fully saturated rings. The molecular formula is C23H18N2O3S. The molecule has 1 N–H and O–H groups in total. The highest BCUT2D eigenvalue weighted by atomic mass is 32.1. The van der Waals surface area contributed by atoms with Gasteiger partial charge in [0.05, 0.1) is 16.8 Å². The largest absolute Gasteiger partial charge is 0.494 e. The van der Waals surface area contributed by atoms with Gasteiger partial charge in [0.1, 0.15) is 5.75 Å². The molecule has 6 heteroatoms. The second-order valence-electron chi connectivity index (χ2n) is 6.31. The summed E-state index contributed by atoms with van der Waals surface area (Å²) in [6.07, 6.45) is 0. The predicted molar refractivity (Wildman–Crippen MR) is 115 cm³/mol. The molecule has 0 aliphatic heterocycles. The van der Waals surface area contributed by atoms with E-state index in [9.17, 15) is 9.59 Å². The van der Waals surface area contributed by atoms with Gasteiger partial charge in [-0.15, -0.1) is 0 Å². The highest BCUT2D eigenvalue weighted by Gasteiger charge is 2.13. The number of carbonyl (C=O) groups excluding carboxylic acids is 2. The first-order valence-electron chi connectivity index (χ1n) is 9.18. The fourth-order valence-electron chi connectivity index (χ4n) is 2.91. The summed E-state index contributed by atoms with van der Waals surface area (Å²) < 4.78 is 6.44. The summed E-state index contributed by atoms with van der Waals surface area (Å²) in [6.45, 7) is 2.53. The topological polar surface area (TPSA) is 68.3 Å². The second-order valence-corrected chi connectivity index (χ2v) is 7.34. The van der Waals surface area contributed by atoms with Crippen LogP contribution in [0.5, 0.6) is 5.75 Å². The number of ketones is 1. The van der Waals surface area contributed by atoms with Gasteiger partial charge in [0.2, 0.25) is 0 Å². The quantitative estimate of drug-likeness (QED) is 0.451. The smallest absolute Gasteiger partial charge is 0.257 e. The van der Waals surface area contributed by atoms with E-state index in [1.54, 1.807) is 36.4 Å². The lowest BCUT2D eigenvalue weighted by Gasteiger charge is -2.04. The number of nitrogens with zero attached hydrogens (tertiary/aromatic N) is 1. The number of hydrogen-bond donors (Lipinski definition) is 1. The average molecular weight is 402 g/mol. The second kappa shape index (κ2) is 8.24. The van der Waals surface area contributed by atoms with E-state index in [4.69, 9.17) is 4.74 Å². The first-order chi connectivity index (χ1) is 14.1. The zero-order chi connectivity index (χ0) is 20.2. The van der Waals surface area contributed by atoms with Crippen LogP contribution < -0.4 is 10.1 Å². The Kier molecular flexibility index (Phi) is 5.35. The molecule has 5 nitrogen and oxygen atoms in total. The van der Waals surface area contributed by atoms with Crippen molar-refractivity contribution in [1.82, 2.24) is 4.98 Å². The summed E-state index contributed by atoms with van der Waals surface area (Å²) in [5, 5.41) is 3.34. The van der Waals surface area contributed by atoms with Crippen molar-refractivity contribution in [2.24, 2.45) is 0 Å². The molecule has 0 saturated carbocycles. The molecule has 29 heavy (non-hydrogen) atoms. The lowest BCUT2D eigenvalue weighted by Crippen LogP contribution is -2.12. The van der Waals surface area contributed by atoms with E-state index in [1.165, 1.54) is 11.3 Å². The fraction of sp³-hybridized carbons (Fsp3) is 0.0870. The number of thiazole rings is 1. The Hall–Kier alpha value is -3.51. The molecule has 1 heterocycles. The number of nitrogens with one attached hydrogen (secondary N) is 1. The summed E-state index contributed by atoms with van der Waals surface area (Å²) in [5.41, 5.74) is 2.42. The maximum absolute atomic E-state index is 12.6. The summed E-state index contributed by atoms with van der Waals surface area (Å²) >= 11 is 1.39. The van der Waals surface area contributed by atoms with Gasteiger partial charge in [0.15, 0.2) is 10.9 Å². The number of amides is 1. The van der Waals surface area contributed by atoms with Crippen molar-refractivity contribution in [3.05, 3.63) is 89.5 Å². The number of ether oxygens (including phenoxy) is 1. The van der Waals surface area contributed by atoms with Gasteiger partial charge >= 0.3 is 0 Å². The molecule has 4 aromatic rings. The van der Waals surface area contributed by atoms with Crippen molar-refractivity contribution in [2.75, 3.05) is 11.9 Å². The minimum absolute atomic E-state index is 0.0752. The number of rotatable bonds is 6. The van der Waals surface area contributed by atoms with E-state index >= 15 is 0 Å². The van der Waals surface area contributed by atoms with Crippen LogP contribution in [0.1, 0.15) is 33.2 Å². The van der Waals surface area contributed by atoms with Crippen molar-refractivity contribution in [3.8, 4) is 5.75 Å². The van der Waals surface area contributed by atoms with Crippen molar-refractivity contribution < 1.29 is 14.3 Å². The van der Waals surface area contributed by atoms with Crippen LogP contribution in [0, 0.1) is 0 Å². The normalized spacial score (nSPS) is 10.7. The van der Waals surface area contributed by atoms with Gasteiger partial charge in [-0.2, -0.15) is 0 Å². The molecule has 0 spiro atoms. The Morgan fingerprint density at radius 3 is 2.34 bits per heavy atom. The Bertz CT molecular complexity index is 1170. The summed E-state index contributed by atoms with van der Waals surface area (Å²) in [7, 11) is 0. The van der Waals surface area contributed by atoms with E-state index in [1.807, 2.05) is 43.3 Å². The van der Waals surface area contributed by atoms with Crippen LogP contribution in [-0.4, -0.2) is 23.3 Å². The van der Waals surface area contributed by atoms with Gasteiger partial charge in [-0.1, -0.05) is 53.8 Å². The molecule has 0 unspecified atom stereocenters. The summed E-state index contributed by atoms with van der Waals surface area (Å²) in [4.78, 5) is 29.5. The van der Waals surface area contributed by atoms with Crippen LogP contribution in [-0.2, 0) is 0 Å². The first-order valence-corrected chi connectivity index (χ1v) is 10.0. The van der Waals surface area contributed by atoms with Gasteiger partial charge in [-0.3, -0.25) is 14.9 Å². The third kappa shape index (κ3) is 4.17. The number of carbonyl (C=O) groups is 2. The standard InChI is InChI=1S/C23H18N2O3S/c1-2-28-18-12-13-19-20(14-18)29-23(24-19)25-22(27)17-10-8-16(9-11-17)21(26)15-6-4-3-5-7-15/h3-14H,2H2,1H3,(H,24,25,27). The van der Waals surface area contributed by atoms with Crippen LogP contribution in [0.3, 0.4) is 0 Å². The fourth-order valence-corrected chi connectivity index (χ4v) is 3.80. The van der Waals surface area contributed by atoms with E-state index in [0.29, 0.717) is 28.4 Å². The van der Waals surface area contributed by atoms with Crippen molar-refractivity contribution >= 4 is 38.4 Å². The van der Waals surface area contributed by atoms with Gasteiger partial charge in [0, 0.05) is 16.7 Å². The highest BCUT2D eigenvalue weighted by Crippen LogP contribution is 2.29. The number of benzene rings is 3. The van der Waals surface area contributed by atoms with Gasteiger partial charge < -0.3 is 4.74 Å². The molecular weight excluding hydrogens is 384 g/mol. The van der Waals surface area contributed by atoms with Gasteiger partial charge in [-0.25, -0.2) is 4.98 Å². The first kappa shape index (κ1) is 18.8. The molecule has 0 bridgehead atoms. The van der Waals surface area contributed by atoms with Crippen molar-refractivity contribution in [2.45, 2.75) is 6.92 Å². The summed E-state index contributed by atoms with van der Waals surface area (Å²) in [6, 6.07) is 21.3. The number of fused-ring (bicyclic) bond motifs is 1. The van der Waals surface area contributed by atoms with E-state index < -0.39 is 0 Å². The third-order valence-corrected chi connectivity index (χ3v) is 5.27. The Labute approximate surface area is 172 Å². The Morgan fingerprint density at radius 1 is 0.931 bits per heavy atom. The van der Waals surface area contributed by atoms with Crippen LogP contribution in [0.25, 0.3) is 10.2 Å². The monoisotopic (exact) mass is 402 g/mol. The Morgan fingerprint density at radius 2 is 1.62 bits per heavy atom. The van der Waals surface area contributed by atoms with Crippen LogP contribution in [0.15, 0.2) is 72.8 Å². The minimum atomic E-state index is -0.271. The third-order valence-electron chi connectivity index (χ3n) is 4.34. The zero-order valence-electron chi connectivity index (χ0n) is 15.7. The lowest BCUT2D eigenvalue weighted by atomic mass is 10.0. The van der Waals surface area contributed by atoms with Gasteiger partial charge in [-0.05, 0) is 37.3 Å². The molecule has 0 radical (unpaired) electrons. The molecule has 4 rings (SSSR count). The molecule has 1 aromatic heterocycles. The van der Waals surface area contributed by atoms with E-state index in [0.717, 1.165) is 16.0 Å². The molecule has 0 atom stereocenters. The van der Waals surface area contributed by atoms with Crippen LogP contribution in [0.4, 0.5) is 5.13 Å². The molecule has 0 aliphatic carbocycles. The van der Waals surface area contributed by atoms with Crippen molar-refractivity contribution in [1.29, 1.82) is 0 Å².